The quantitative estimate of drug-likeness (QED) is 0.415. The molecule has 0 aliphatic carbocycles. The molecule has 4 heteroatoms. The van der Waals surface area contributed by atoms with Gasteiger partial charge in [0.15, 0.2) is 12.4 Å². The number of anilines is 1. The van der Waals surface area contributed by atoms with Gasteiger partial charge < -0.3 is 10.1 Å². The van der Waals surface area contributed by atoms with Gasteiger partial charge in [-0.2, -0.15) is 0 Å². The highest BCUT2D eigenvalue weighted by molar-refractivity contribution is 6.09. The summed E-state index contributed by atoms with van der Waals surface area (Å²) < 4.78 is 5.82. The number of amides is 1. The Hall–Kier alpha value is -3.40. The molecule has 0 spiro atoms. The first-order valence-corrected chi connectivity index (χ1v) is 11.3. The van der Waals surface area contributed by atoms with Gasteiger partial charge in [0.2, 0.25) is 0 Å². The second-order valence-corrected chi connectivity index (χ2v) is 9.77. The molecule has 0 aliphatic heterocycles. The minimum absolute atomic E-state index is 0.0300. The first kappa shape index (κ1) is 24.2. The lowest BCUT2D eigenvalue weighted by molar-refractivity contribution is -0.118. The van der Waals surface area contributed by atoms with Gasteiger partial charge in [-0.25, -0.2) is 0 Å². The molecule has 1 amide bonds. The number of hydrogen-bond donors (Lipinski definition) is 1. The Morgan fingerprint density at radius 2 is 1.61 bits per heavy atom. The fraction of sp³-hybridized carbons (Fsp3) is 0.310. The molecular formula is C29H33NO3. The SMILES string of the molecule is Cc1ccc(C(C)C)c(OCC(=O)Nc2cccc(C(=O)c3ccc(C(C)(C)C)cc3)c2)c1. The zero-order chi connectivity index (χ0) is 24.2. The van der Waals surface area contributed by atoms with Crippen LogP contribution in [-0.2, 0) is 10.2 Å². The normalized spacial score (nSPS) is 11.4. The van der Waals surface area contributed by atoms with Crippen molar-refractivity contribution in [3.63, 3.8) is 0 Å². The van der Waals surface area contributed by atoms with Crippen molar-refractivity contribution in [2.24, 2.45) is 0 Å². The average Bonchev–Trinajstić information content (AvgIpc) is 2.76. The molecule has 4 nitrogen and oxygen atoms in total. The van der Waals surface area contributed by atoms with Gasteiger partial charge in [0.05, 0.1) is 0 Å². The van der Waals surface area contributed by atoms with Crippen LogP contribution in [0, 0.1) is 6.92 Å². The van der Waals surface area contributed by atoms with E-state index in [1.807, 2.05) is 49.4 Å². The van der Waals surface area contributed by atoms with Crippen LogP contribution in [0.2, 0.25) is 0 Å². The van der Waals surface area contributed by atoms with E-state index in [-0.39, 0.29) is 23.7 Å². The Morgan fingerprint density at radius 3 is 2.24 bits per heavy atom. The second-order valence-electron chi connectivity index (χ2n) is 9.77. The van der Waals surface area contributed by atoms with E-state index in [9.17, 15) is 9.59 Å². The van der Waals surface area contributed by atoms with E-state index >= 15 is 0 Å². The van der Waals surface area contributed by atoms with E-state index in [1.54, 1.807) is 24.3 Å². The maximum absolute atomic E-state index is 13.0. The molecule has 0 unspecified atom stereocenters. The van der Waals surface area contributed by atoms with Crippen molar-refractivity contribution in [1.82, 2.24) is 0 Å². The third-order valence-electron chi connectivity index (χ3n) is 5.57. The molecule has 3 aromatic carbocycles. The Balaban J connectivity index is 1.67. The highest BCUT2D eigenvalue weighted by Crippen LogP contribution is 2.27. The third-order valence-corrected chi connectivity index (χ3v) is 5.57. The van der Waals surface area contributed by atoms with Crippen LogP contribution in [0.1, 0.15) is 73.1 Å². The number of nitrogens with one attached hydrogen (secondary N) is 1. The molecule has 0 fully saturated rings. The van der Waals surface area contributed by atoms with E-state index in [0.29, 0.717) is 22.7 Å². The van der Waals surface area contributed by atoms with Crippen LogP contribution in [0.4, 0.5) is 5.69 Å². The summed E-state index contributed by atoms with van der Waals surface area (Å²) in [6.45, 7) is 12.5. The second kappa shape index (κ2) is 10.0. The maximum Gasteiger partial charge on any atom is 0.262 e. The molecule has 0 saturated heterocycles. The van der Waals surface area contributed by atoms with Crippen molar-refractivity contribution >= 4 is 17.4 Å². The number of rotatable bonds is 7. The highest BCUT2D eigenvalue weighted by atomic mass is 16.5. The van der Waals surface area contributed by atoms with Crippen molar-refractivity contribution in [2.75, 3.05) is 11.9 Å². The molecule has 1 N–H and O–H groups in total. The summed E-state index contributed by atoms with van der Waals surface area (Å²) in [6, 6.07) is 20.7. The molecule has 3 rings (SSSR count). The maximum atomic E-state index is 13.0. The number of benzene rings is 3. The molecule has 0 bridgehead atoms. The van der Waals surface area contributed by atoms with E-state index in [0.717, 1.165) is 16.9 Å². The Morgan fingerprint density at radius 1 is 0.909 bits per heavy atom. The van der Waals surface area contributed by atoms with E-state index in [1.165, 1.54) is 5.56 Å². The standard InChI is InChI=1S/C29H33NO3/c1-19(2)25-15-10-20(3)16-26(25)33-18-27(31)30-24-9-7-8-22(17-24)28(32)21-11-13-23(14-12-21)29(4,5)6/h7-17,19H,18H2,1-6H3,(H,30,31). The topological polar surface area (TPSA) is 55.4 Å². The molecule has 0 aromatic heterocycles. The van der Waals surface area contributed by atoms with Crippen molar-refractivity contribution < 1.29 is 14.3 Å². The summed E-state index contributed by atoms with van der Waals surface area (Å²) >= 11 is 0. The summed E-state index contributed by atoms with van der Waals surface area (Å²) in [7, 11) is 0. The molecule has 0 radical (unpaired) electrons. The summed E-state index contributed by atoms with van der Waals surface area (Å²) in [5, 5.41) is 2.84. The first-order chi connectivity index (χ1) is 15.5. The van der Waals surface area contributed by atoms with Crippen molar-refractivity contribution in [1.29, 1.82) is 0 Å². The lowest BCUT2D eigenvalue weighted by Gasteiger charge is -2.19. The monoisotopic (exact) mass is 443 g/mol. The summed E-state index contributed by atoms with van der Waals surface area (Å²) in [6.07, 6.45) is 0. The number of carbonyl (C=O) groups excluding carboxylic acids is 2. The van der Waals surface area contributed by atoms with Crippen molar-refractivity contribution in [3.05, 3.63) is 94.5 Å². The van der Waals surface area contributed by atoms with Gasteiger partial charge in [0, 0.05) is 16.8 Å². The summed E-state index contributed by atoms with van der Waals surface area (Å²) in [5.74, 6) is 0.668. The zero-order valence-electron chi connectivity index (χ0n) is 20.4. The van der Waals surface area contributed by atoms with Crippen LogP contribution < -0.4 is 10.1 Å². The third kappa shape index (κ3) is 6.32. The number of ether oxygens (including phenoxy) is 1. The molecule has 0 aliphatic rings. The van der Waals surface area contributed by atoms with Gasteiger partial charge in [-0.3, -0.25) is 9.59 Å². The molecular weight excluding hydrogens is 410 g/mol. The van der Waals surface area contributed by atoms with Gasteiger partial charge in [-0.1, -0.05) is 83.1 Å². The predicted molar refractivity (Wildman–Crippen MR) is 134 cm³/mol. The van der Waals surface area contributed by atoms with Gasteiger partial charge >= 0.3 is 0 Å². The highest BCUT2D eigenvalue weighted by Gasteiger charge is 2.16. The predicted octanol–water partition coefficient (Wildman–Crippen LogP) is 6.66. The number of aryl methyl sites for hydroxylation is 1. The number of hydrogen-bond acceptors (Lipinski definition) is 3. The van der Waals surface area contributed by atoms with Gasteiger partial charge in [-0.05, 0) is 53.1 Å². The van der Waals surface area contributed by atoms with E-state index in [2.05, 4.69) is 39.9 Å². The van der Waals surface area contributed by atoms with Crippen LogP contribution in [0.5, 0.6) is 5.75 Å². The summed E-state index contributed by atoms with van der Waals surface area (Å²) in [5.41, 5.74) is 5.06. The van der Waals surface area contributed by atoms with Gasteiger partial charge in [0.25, 0.3) is 5.91 Å². The van der Waals surface area contributed by atoms with Crippen molar-refractivity contribution in [3.8, 4) is 5.75 Å². The summed E-state index contributed by atoms with van der Waals surface area (Å²) in [4.78, 5) is 25.5. The molecule has 3 aromatic rings. The largest absolute Gasteiger partial charge is 0.483 e. The Kier molecular flexibility index (Phi) is 7.37. The van der Waals surface area contributed by atoms with Gasteiger partial charge in [0.1, 0.15) is 5.75 Å². The lowest BCUT2D eigenvalue weighted by Crippen LogP contribution is -2.21. The molecule has 0 atom stereocenters. The van der Waals surface area contributed by atoms with Crippen LogP contribution in [0.25, 0.3) is 0 Å². The smallest absolute Gasteiger partial charge is 0.262 e. The fourth-order valence-corrected chi connectivity index (χ4v) is 3.61. The van der Waals surface area contributed by atoms with E-state index < -0.39 is 0 Å². The van der Waals surface area contributed by atoms with Crippen LogP contribution in [0.3, 0.4) is 0 Å². The number of ketones is 1. The molecule has 172 valence electrons. The lowest BCUT2D eigenvalue weighted by atomic mass is 9.86. The van der Waals surface area contributed by atoms with Gasteiger partial charge in [-0.15, -0.1) is 0 Å². The van der Waals surface area contributed by atoms with Crippen molar-refractivity contribution in [2.45, 2.75) is 52.9 Å². The number of carbonyl (C=O) groups is 2. The minimum atomic E-state index is -0.273. The van der Waals surface area contributed by atoms with Crippen LogP contribution in [0.15, 0.2) is 66.7 Å². The molecule has 0 heterocycles. The average molecular weight is 444 g/mol. The van der Waals surface area contributed by atoms with Crippen LogP contribution >= 0.6 is 0 Å². The van der Waals surface area contributed by atoms with E-state index in [4.69, 9.17) is 4.74 Å². The van der Waals surface area contributed by atoms with Crippen LogP contribution in [-0.4, -0.2) is 18.3 Å². The fourth-order valence-electron chi connectivity index (χ4n) is 3.61. The zero-order valence-corrected chi connectivity index (χ0v) is 20.4. The minimum Gasteiger partial charge on any atom is -0.483 e. The molecule has 0 saturated carbocycles. The first-order valence-electron chi connectivity index (χ1n) is 11.3. The Bertz CT molecular complexity index is 1140. The molecule has 33 heavy (non-hydrogen) atoms. The Labute approximate surface area is 197 Å².